The van der Waals surface area contributed by atoms with Crippen molar-refractivity contribution < 1.29 is 18.7 Å². The Hall–Kier alpha value is -4.32. The van der Waals surface area contributed by atoms with E-state index < -0.39 is 6.10 Å². The van der Waals surface area contributed by atoms with Crippen LogP contribution in [0.1, 0.15) is 22.4 Å². The summed E-state index contributed by atoms with van der Waals surface area (Å²) >= 11 is 0. The van der Waals surface area contributed by atoms with Gasteiger partial charge in [0.15, 0.2) is 6.10 Å². The van der Waals surface area contributed by atoms with Crippen LogP contribution < -0.4 is 20.3 Å². The second-order valence-electron chi connectivity index (χ2n) is 8.38. The highest BCUT2D eigenvalue weighted by molar-refractivity contribution is 5.95. The second-order valence-corrected chi connectivity index (χ2v) is 8.38. The molecule has 1 aliphatic rings. The van der Waals surface area contributed by atoms with Crippen LogP contribution in [0.3, 0.4) is 0 Å². The molecule has 35 heavy (non-hydrogen) atoms. The second kappa shape index (κ2) is 9.89. The molecule has 2 aromatic carbocycles. The molecule has 4 rings (SSSR count). The number of amides is 2. The molecule has 2 heterocycles. The van der Waals surface area contributed by atoms with Gasteiger partial charge in [0.1, 0.15) is 23.5 Å². The van der Waals surface area contributed by atoms with Crippen molar-refractivity contribution in [1.82, 2.24) is 9.88 Å². The van der Waals surface area contributed by atoms with E-state index in [1.165, 1.54) is 19.2 Å². The van der Waals surface area contributed by atoms with Gasteiger partial charge < -0.3 is 24.8 Å². The lowest BCUT2D eigenvalue weighted by Gasteiger charge is -2.35. The minimum Gasteiger partial charge on any atom is -0.477 e. The van der Waals surface area contributed by atoms with Gasteiger partial charge in [-0.05, 0) is 49.2 Å². The SMILES string of the molecule is CNC(=O)C1CN(CC(=O)Nc2c(C#N)c(C)c(C)n2Cc2ccc(F)cc2)c2ccccc2O1. The maximum absolute atomic E-state index is 13.4. The smallest absolute Gasteiger partial charge is 0.262 e. The highest BCUT2D eigenvalue weighted by Gasteiger charge is 2.31. The zero-order valence-corrected chi connectivity index (χ0v) is 19.8. The number of carbonyl (C=O) groups excluding carboxylic acids is 2. The number of hydrogen-bond donors (Lipinski definition) is 2. The molecule has 2 N–H and O–H groups in total. The molecule has 0 radical (unpaired) electrons. The minimum atomic E-state index is -0.760. The summed E-state index contributed by atoms with van der Waals surface area (Å²) in [5.74, 6) is -0.0467. The highest BCUT2D eigenvalue weighted by Crippen LogP contribution is 2.33. The first-order chi connectivity index (χ1) is 16.8. The molecule has 1 atom stereocenters. The average Bonchev–Trinajstić information content (AvgIpc) is 3.08. The van der Waals surface area contributed by atoms with Gasteiger partial charge in [0.05, 0.1) is 24.3 Å². The number of aromatic nitrogens is 1. The molecule has 2 amide bonds. The molecule has 8 nitrogen and oxygen atoms in total. The predicted octanol–water partition coefficient (Wildman–Crippen LogP) is 3.12. The van der Waals surface area contributed by atoms with Crippen molar-refractivity contribution in [3.63, 3.8) is 0 Å². The number of para-hydroxylation sites is 2. The molecule has 180 valence electrons. The number of benzene rings is 2. The van der Waals surface area contributed by atoms with Crippen molar-refractivity contribution in [2.24, 2.45) is 0 Å². The van der Waals surface area contributed by atoms with Crippen molar-refractivity contribution in [3.8, 4) is 11.8 Å². The van der Waals surface area contributed by atoms with Crippen LogP contribution in [0.2, 0.25) is 0 Å². The Labute approximate surface area is 202 Å². The van der Waals surface area contributed by atoms with Gasteiger partial charge in [0.2, 0.25) is 5.91 Å². The summed E-state index contributed by atoms with van der Waals surface area (Å²) in [6.07, 6.45) is -0.760. The lowest BCUT2D eigenvalue weighted by Crippen LogP contribution is -2.50. The number of nitriles is 1. The number of ether oxygens (including phenoxy) is 1. The van der Waals surface area contributed by atoms with Crippen molar-refractivity contribution >= 4 is 23.3 Å². The average molecular weight is 476 g/mol. The van der Waals surface area contributed by atoms with Gasteiger partial charge in [0, 0.05) is 19.3 Å². The summed E-state index contributed by atoms with van der Waals surface area (Å²) < 4.78 is 21.0. The van der Waals surface area contributed by atoms with E-state index in [2.05, 4.69) is 16.7 Å². The summed E-state index contributed by atoms with van der Waals surface area (Å²) in [6.45, 7) is 4.23. The van der Waals surface area contributed by atoms with Gasteiger partial charge in [-0.25, -0.2) is 4.39 Å². The largest absolute Gasteiger partial charge is 0.477 e. The van der Waals surface area contributed by atoms with Gasteiger partial charge >= 0.3 is 0 Å². The van der Waals surface area contributed by atoms with Crippen molar-refractivity contribution in [3.05, 3.63) is 76.7 Å². The van der Waals surface area contributed by atoms with Gasteiger partial charge in [-0.15, -0.1) is 0 Å². The maximum atomic E-state index is 13.4. The van der Waals surface area contributed by atoms with Crippen LogP contribution in [0, 0.1) is 31.0 Å². The number of rotatable bonds is 6. The van der Waals surface area contributed by atoms with Crippen LogP contribution in [0.15, 0.2) is 48.5 Å². The molecule has 0 bridgehead atoms. The first-order valence-electron chi connectivity index (χ1n) is 11.2. The normalized spacial score (nSPS) is 14.5. The van der Waals surface area contributed by atoms with Gasteiger partial charge in [-0.2, -0.15) is 5.26 Å². The van der Waals surface area contributed by atoms with E-state index in [0.29, 0.717) is 29.4 Å². The highest BCUT2D eigenvalue weighted by atomic mass is 19.1. The summed E-state index contributed by atoms with van der Waals surface area (Å²) in [5, 5.41) is 15.3. The van der Waals surface area contributed by atoms with E-state index in [4.69, 9.17) is 4.74 Å². The zero-order chi connectivity index (χ0) is 25.1. The van der Waals surface area contributed by atoms with Crippen LogP contribution >= 0.6 is 0 Å². The van der Waals surface area contributed by atoms with E-state index in [0.717, 1.165) is 16.8 Å². The van der Waals surface area contributed by atoms with Crippen LogP contribution in [-0.2, 0) is 16.1 Å². The molecule has 9 heteroatoms. The van der Waals surface area contributed by atoms with Gasteiger partial charge in [-0.3, -0.25) is 9.59 Å². The molecule has 1 aromatic heterocycles. The zero-order valence-electron chi connectivity index (χ0n) is 19.8. The summed E-state index contributed by atoms with van der Waals surface area (Å²) in [4.78, 5) is 27.2. The number of likely N-dealkylation sites (N-methyl/N-ethyl adjacent to an activating group) is 1. The van der Waals surface area contributed by atoms with Gasteiger partial charge in [-0.1, -0.05) is 24.3 Å². The topological polar surface area (TPSA) is 99.4 Å². The number of hydrogen-bond acceptors (Lipinski definition) is 5. The first kappa shape index (κ1) is 23.8. The summed E-state index contributed by atoms with van der Waals surface area (Å²) in [6, 6.07) is 15.5. The quantitative estimate of drug-likeness (QED) is 0.571. The third kappa shape index (κ3) is 4.82. The first-order valence-corrected chi connectivity index (χ1v) is 11.2. The Kier molecular flexibility index (Phi) is 6.73. The number of nitrogens with one attached hydrogen (secondary N) is 2. The van der Waals surface area contributed by atoms with Crippen LogP contribution in [0.5, 0.6) is 5.75 Å². The fourth-order valence-electron chi connectivity index (χ4n) is 4.20. The maximum Gasteiger partial charge on any atom is 0.262 e. The van der Waals surface area contributed by atoms with E-state index in [9.17, 15) is 19.2 Å². The number of nitrogens with zero attached hydrogens (tertiary/aromatic N) is 3. The molecule has 0 aliphatic carbocycles. The molecule has 0 fully saturated rings. The van der Waals surface area contributed by atoms with Crippen molar-refractivity contribution in [2.45, 2.75) is 26.5 Å². The third-order valence-corrected chi connectivity index (χ3v) is 6.19. The summed E-state index contributed by atoms with van der Waals surface area (Å²) in [5.41, 5.74) is 3.51. The lowest BCUT2D eigenvalue weighted by molar-refractivity contribution is -0.127. The molecule has 1 unspecified atom stereocenters. The Morgan fingerprint density at radius 3 is 2.57 bits per heavy atom. The standard InChI is InChI=1S/C26H26FN5O3/c1-16-17(2)32(13-18-8-10-19(27)11-9-18)25(20(16)12-28)30-24(33)15-31-14-23(26(34)29-3)35-22-7-5-4-6-21(22)31/h4-11,23H,13-15H2,1-3H3,(H,29,34)(H,30,33). The Morgan fingerprint density at radius 1 is 1.17 bits per heavy atom. The Bertz CT molecular complexity index is 1310. The van der Waals surface area contributed by atoms with Crippen molar-refractivity contribution in [2.75, 3.05) is 30.4 Å². The van der Waals surface area contributed by atoms with E-state index >= 15 is 0 Å². The fraction of sp³-hybridized carbons (Fsp3) is 0.269. The van der Waals surface area contributed by atoms with Crippen LogP contribution in [0.25, 0.3) is 0 Å². The molecule has 0 saturated carbocycles. The van der Waals surface area contributed by atoms with Crippen LogP contribution in [0.4, 0.5) is 15.9 Å². The molecular formula is C26H26FN5O3. The number of halogens is 1. The number of fused-ring (bicyclic) bond motifs is 1. The molecular weight excluding hydrogens is 449 g/mol. The minimum absolute atomic E-state index is 0.0431. The van der Waals surface area contributed by atoms with Gasteiger partial charge in [0.25, 0.3) is 5.91 Å². The molecule has 0 saturated heterocycles. The summed E-state index contributed by atoms with van der Waals surface area (Å²) in [7, 11) is 1.53. The number of anilines is 2. The van der Waals surface area contributed by atoms with E-state index in [1.54, 1.807) is 29.2 Å². The van der Waals surface area contributed by atoms with E-state index in [-0.39, 0.29) is 30.7 Å². The molecule has 1 aliphatic heterocycles. The Morgan fingerprint density at radius 2 is 1.89 bits per heavy atom. The molecule has 0 spiro atoms. The fourth-order valence-corrected chi connectivity index (χ4v) is 4.20. The van der Waals surface area contributed by atoms with Crippen LogP contribution in [-0.4, -0.2) is 42.6 Å². The third-order valence-electron chi connectivity index (χ3n) is 6.19. The monoisotopic (exact) mass is 475 g/mol. The Balaban J connectivity index is 1.60. The van der Waals surface area contributed by atoms with E-state index in [1.807, 2.05) is 30.5 Å². The predicted molar refractivity (Wildman–Crippen MR) is 130 cm³/mol. The molecule has 3 aromatic rings. The number of carbonyl (C=O) groups is 2. The lowest BCUT2D eigenvalue weighted by atomic mass is 10.1. The van der Waals surface area contributed by atoms with Crippen molar-refractivity contribution in [1.29, 1.82) is 5.26 Å².